The number of hydrogen-bond donors (Lipinski definition) is 0. The lowest BCUT2D eigenvalue weighted by Crippen LogP contribution is -2.27. The Kier molecular flexibility index (Phi) is 3.81. The standard InChI is InChI=1S/C15H15NO/c1-2-13-16(14-9-5-3-6-10-14)17-15-11-7-4-8-12-15/h2-12H,1,13H2. The SMILES string of the molecule is C=CCN(Oc1ccccc1)c1ccccc1. The molecule has 0 aliphatic carbocycles. The second-order valence-corrected chi connectivity index (χ2v) is 3.59. The van der Waals surface area contributed by atoms with Crippen LogP contribution in [0.3, 0.4) is 0 Å². The first-order valence-electron chi connectivity index (χ1n) is 5.56. The highest BCUT2D eigenvalue weighted by Gasteiger charge is 2.05. The molecule has 2 aromatic rings. The Morgan fingerprint density at radius 1 is 0.941 bits per heavy atom. The van der Waals surface area contributed by atoms with Crippen molar-refractivity contribution >= 4 is 5.69 Å². The van der Waals surface area contributed by atoms with Crippen molar-refractivity contribution in [1.29, 1.82) is 0 Å². The summed E-state index contributed by atoms with van der Waals surface area (Å²) < 4.78 is 0. The fraction of sp³-hybridized carbons (Fsp3) is 0.0667. The molecule has 2 nitrogen and oxygen atoms in total. The highest BCUT2D eigenvalue weighted by atomic mass is 16.7. The largest absolute Gasteiger partial charge is 0.379 e. The second kappa shape index (κ2) is 5.75. The summed E-state index contributed by atoms with van der Waals surface area (Å²) >= 11 is 0. The molecule has 17 heavy (non-hydrogen) atoms. The molecule has 0 aliphatic heterocycles. The van der Waals surface area contributed by atoms with Crippen LogP contribution in [0.4, 0.5) is 5.69 Å². The van der Waals surface area contributed by atoms with Crippen LogP contribution in [0.2, 0.25) is 0 Å². The predicted molar refractivity (Wildman–Crippen MR) is 71.1 cm³/mol. The van der Waals surface area contributed by atoms with E-state index < -0.39 is 0 Å². The zero-order valence-corrected chi connectivity index (χ0v) is 9.62. The summed E-state index contributed by atoms with van der Waals surface area (Å²) in [5.41, 5.74) is 1.01. The van der Waals surface area contributed by atoms with Crippen LogP contribution in [0, 0.1) is 0 Å². The fourth-order valence-corrected chi connectivity index (χ4v) is 1.52. The van der Waals surface area contributed by atoms with E-state index >= 15 is 0 Å². The molecule has 0 aromatic heterocycles. The van der Waals surface area contributed by atoms with Gasteiger partial charge >= 0.3 is 0 Å². The van der Waals surface area contributed by atoms with Gasteiger partial charge in [0.2, 0.25) is 0 Å². The molecule has 0 unspecified atom stereocenters. The second-order valence-electron chi connectivity index (χ2n) is 3.59. The molecule has 0 amide bonds. The van der Waals surface area contributed by atoms with E-state index in [9.17, 15) is 0 Å². The molecule has 0 bridgehead atoms. The summed E-state index contributed by atoms with van der Waals surface area (Å²) in [5, 5.41) is 1.81. The summed E-state index contributed by atoms with van der Waals surface area (Å²) in [5.74, 6) is 0.818. The maximum Gasteiger partial charge on any atom is 0.155 e. The molecule has 2 heteroatoms. The Morgan fingerprint density at radius 3 is 2.12 bits per heavy atom. The third-order valence-electron chi connectivity index (χ3n) is 2.30. The number of rotatable bonds is 5. The average molecular weight is 225 g/mol. The first-order chi connectivity index (χ1) is 8.40. The predicted octanol–water partition coefficient (Wildman–Crippen LogP) is 3.67. The van der Waals surface area contributed by atoms with Crippen molar-refractivity contribution in [1.82, 2.24) is 0 Å². The van der Waals surface area contributed by atoms with Crippen LogP contribution in [0.5, 0.6) is 5.75 Å². The van der Waals surface area contributed by atoms with Gasteiger partial charge in [0.1, 0.15) is 0 Å². The van der Waals surface area contributed by atoms with Crippen LogP contribution in [0.25, 0.3) is 0 Å². The van der Waals surface area contributed by atoms with E-state index in [0.29, 0.717) is 6.54 Å². The first kappa shape index (κ1) is 11.3. The van der Waals surface area contributed by atoms with Crippen LogP contribution < -0.4 is 9.90 Å². The van der Waals surface area contributed by atoms with Gasteiger partial charge in [-0.25, -0.2) is 5.06 Å². The van der Waals surface area contributed by atoms with Gasteiger partial charge in [-0.1, -0.05) is 42.5 Å². The highest BCUT2D eigenvalue weighted by Crippen LogP contribution is 2.17. The van der Waals surface area contributed by atoms with Gasteiger partial charge in [0.25, 0.3) is 0 Å². The lowest BCUT2D eigenvalue weighted by atomic mass is 10.3. The van der Waals surface area contributed by atoms with Crippen molar-refractivity contribution in [2.75, 3.05) is 11.6 Å². The lowest BCUT2D eigenvalue weighted by Gasteiger charge is -2.22. The van der Waals surface area contributed by atoms with Crippen molar-refractivity contribution in [3.63, 3.8) is 0 Å². The van der Waals surface area contributed by atoms with Gasteiger partial charge in [-0.3, -0.25) is 0 Å². The number of hydroxylamine groups is 1. The number of benzene rings is 2. The minimum Gasteiger partial charge on any atom is -0.379 e. The first-order valence-corrected chi connectivity index (χ1v) is 5.56. The third kappa shape index (κ3) is 3.11. The molecular formula is C15H15NO. The smallest absolute Gasteiger partial charge is 0.155 e. The van der Waals surface area contributed by atoms with Crippen molar-refractivity contribution in [3.05, 3.63) is 73.3 Å². The molecular weight excluding hydrogens is 210 g/mol. The molecule has 86 valence electrons. The molecule has 0 N–H and O–H groups in total. The third-order valence-corrected chi connectivity index (χ3v) is 2.30. The van der Waals surface area contributed by atoms with Crippen molar-refractivity contribution < 1.29 is 4.84 Å². The van der Waals surface area contributed by atoms with E-state index in [1.165, 1.54) is 0 Å². The monoisotopic (exact) mass is 225 g/mol. The van der Waals surface area contributed by atoms with E-state index in [1.54, 1.807) is 0 Å². The van der Waals surface area contributed by atoms with Gasteiger partial charge in [0.15, 0.2) is 5.75 Å². The lowest BCUT2D eigenvalue weighted by molar-refractivity contribution is 0.290. The van der Waals surface area contributed by atoms with E-state index in [0.717, 1.165) is 11.4 Å². The summed E-state index contributed by atoms with van der Waals surface area (Å²) in [7, 11) is 0. The van der Waals surface area contributed by atoms with Crippen molar-refractivity contribution in [2.24, 2.45) is 0 Å². The van der Waals surface area contributed by atoms with E-state index in [4.69, 9.17) is 4.84 Å². The van der Waals surface area contributed by atoms with Crippen LogP contribution in [-0.2, 0) is 0 Å². The molecule has 0 fully saturated rings. The van der Waals surface area contributed by atoms with Gasteiger partial charge in [-0.05, 0) is 24.3 Å². The Hall–Kier alpha value is -2.22. The van der Waals surface area contributed by atoms with Crippen LogP contribution in [0.15, 0.2) is 73.3 Å². The Morgan fingerprint density at radius 2 is 1.53 bits per heavy atom. The van der Waals surface area contributed by atoms with E-state index in [2.05, 4.69) is 6.58 Å². The zero-order valence-electron chi connectivity index (χ0n) is 9.62. The zero-order chi connectivity index (χ0) is 11.9. The van der Waals surface area contributed by atoms with Crippen LogP contribution >= 0.6 is 0 Å². The normalized spacial score (nSPS) is 9.65. The topological polar surface area (TPSA) is 12.5 Å². The Labute approximate surface area is 102 Å². The number of para-hydroxylation sites is 2. The van der Waals surface area contributed by atoms with E-state index in [1.807, 2.05) is 71.8 Å². The maximum absolute atomic E-state index is 5.80. The summed E-state index contributed by atoms with van der Waals surface area (Å²) in [6, 6.07) is 19.7. The van der Waals surface area contributed by atoms with Gasteiger partial charge in [-0.15, -0.1) is 6.58 Å². The Bertz CT molecular complexity index is 453. The Balaban J connectivity index is 2.16. The molecule has 0 saturated carbocycles. The average Bonchev–Trinajstić information content (AvgIpc) is 2.40. The quantitative estimate of drug-likeness (QED) is 0.568. The van der Waals surface area contributed by atoms with E-state index in [-0.39, 0.29) is 0 Å². The number of hydrogen-bond acceptors (Lipinski definition) is 2. The molecule has 0 radical (unpaired) electrons. The number of anilines is 1. The molecule has 0 spiro atoms. The molecule has 2 aromatic carbocycles. The van der Waals surface area contributed by atoms with Gasteiger partial charge in [-0.2, -0.15) is 0 Å². The highest BCUT2D eigenvalue weighted by molar-refractivity contribution is 5.45. The molecule has 0 atom stereocenters. The van der Waals surface area contributed by atoms with Crippen molar-refractivity contribution in [2.45, 2.75) is 0 Å². The van der Waals surface area contributed by atoms with Crippen LogP contribution in [-0.4, -0.2) is 6.54 Å². The minimum absolute atomic E-state index is 0.638. The van der Waals surface area contributed by atoms with Gasteiger partial charge in [0, 0.05) is 0 Å². The summed E-state index contributed by atoms with van der Waals surface area (Å²) in [6.07, 6.45) is 1.82. The van der Waals surface area contributed by atoms with Crippen molar-refractivity contribution in [3.8, 4) is 5.75 Å². The molecule has 0 saturated heterocycles. The molecule has 2 rings (SSSR count). The van der Waals surface area contributed by atoms with Gasteiger partial charge in [0.05, 0.1) is 12.2 Å². The fourth-order valence-electron chi connectivity index (χ4n) is 1.52. The minimum atomic E-state index is 0.638. The van der Waals surface area contributed by atoms with Gasteiger partial charge < -0.3 is 4.84 Å². The van der Waals surface area contributed by atoms with Crippen LogP contribution in [0.1, 0.15) is 0 Å². The maximum atomic E-state index is 5.80. The summed E-state index contributed by atoms with van der Waals surface area (Å²) in [4.78, 5) is 5.80. The summed E-state index contributed by atoms with van der Waals surface area (Å²) in [6.45, 7) is 4.38. The molecule has 0 aliphatic rings. The number of nitrogens with zero attached hydrogens (tertiary/aromatic N) is 1. The molecule has 0 heterocycles.